The summed E-state index contributed by atoms with van der Waals surface area (Å²) in [5, 5.41) is 17.7. The second kappa shape index (κ2) is 5.26. The van der Waals surface area contributed by atoms with Crippen LogP contribution in [-0.2, 0) is 14.8 Å². The van der Waals surface area contributed by atoms with Gasteiger partial charge >= 0.3 is 5.97 Å². The fraction of sp³-hybridized carbons (Fsp3) is 0.300. The number of nitrogens with zero attached hydrogens (tertiary/aromatic N) is 1. The van der Waals surface area contributed by atoms with E-state index in [9.17, 15) is 13.2 Å². The second-order valence-corrected chi connectivity index (χ2v) is 5.37. The topological polar surface area (TPSA) is 94.9 Å². The quantitative estimate of drug-likeness (QED) is 0.760. The summed E-state index contributed by atoms with van der Waals surface area (Å²) in [6, 6.07) is 5.97. The van der Waals surface area contributed by atoms with Crippen molar-refractivity contribution in [2.45, 2.75) is 10.9 Å². The first-order valence-corrected chi connectivity index (χ1v) is 6.22. The van der Waals surface area contributed by atoms with Crippen molar-refractivity contribution < 1.29 is 23.4 Å². The number of aliphatic hydroxyl groups excluding tert-OH is 1. The maximum atomic E-state index is 12.0. The van der Waals surface area contributed by atoms with E-state index in [-0.39, 0.29) is 4.90 Å². The summed E-state index contributed by atoms with van der Waals surface area (Å²) in [7, 11) is -2.78. The Morgan fingerprint density at radius 2 is 1.88 bits per heavy atom. The Morgan fingerprint density at radius 1 is 1.35 bits per heavy atom. The Morgan fingerprint density at radius 3 is 2.29 bits per heavy atom. The highest BCUT2D eigenvalue weighted by Crippen LogP contribution is 2.15. The van der Waals surface area contributed by atoms with E-state index in [0.717, 1.165) is 7.05 Å². The van der Waals surface area contributed by atoms with Crippen LogP contribution in [0, 0.1) is 0 Å². The number of sulfonamides is 1. The molecule has 2 N–H and O–H groups in total. The van der Waals surface area contributed by atoms with Gasteiger partial charge in [0.15, 0.2) is 0 Å². The Labute approximate surface area is 99.2 Å². The van der Waals surface area contributed by atoms with E-state index in [4.69, 9.17) is 10.2 Å². The molecule has 0 aliphatic rings. The number of hydrogen-bond acceptors (Lipinski definition) is 4. The number of hydrogen-bond donors (Lipinski definition) is 2. The zero-order valence-electron chi connectivity index (χ0n) is 9.15. The van der Waals surface area contributed by atoms with Gasteiger partial charge in [0.05, 0.1) is 11.5 Å². The fourth-order valence-electron chi connectivity index (χ4n) is 1.27. The number of carbonyl (C=O) groups is 1. The summed E-state index contributed by atoms with van der Waals surface area (Å²) in [6.45, 7) is -0.780. The van der Waals surface area contributed by atoms with Gasteiger partial charge in [0, 0.05) is 7.05 Å². The molecular formula is C10H13NO5S. The largest absolute Gasteiger partial charge is 0.480 e. The van der Waals surface area contributed by atoms with Crippen LogP contribution < -0.4 is 0 Å². The lowest BCUT2D eigenvalue weighted by molar-refractivity contribution is -0.142. The molecule has 1 aromatic carbocycles. The van der Waals surface area contributed by atoms with Gasteiger partial charge in [0.25, 0.3) is 0 Å². The second-order valence-electron chi connectivity index (χ2n) is 3.37. The van der Waals surface area contributed by atoms with E-state index >= 15 is 0 Å². The van der Waals surface area contributed by atoms with Crippen molar-refractivity contribution in [2.24, 2.45) is 0 Å². The van der Waals surface area contributed by atoms with Crippen molar-refractivity contribution in [3.8, 4) is 0 Å². The molecule has 0 amide bonds. The molecule has 1 aromatic rings. The third-order valence-corrected chi connectivity index (χ3v) is 4.20. The summed E-state index contributed by atoms with van der Waals surface area (Å²) in [4.78, 5) is 10.8. The lowest BCUT2D eigenvalue weighted by atomic mass is 10.3. The standard InChI is InChI=1S/C10H13NO5S/c1-11(9(7-12)10(13)14)17(15,16)8-5-3-2-4-6-8/h2-6,9,12H,7H2,1H3,(H,13,14). The highest BCUT2D eigenvalue weighted by Gasteiger charge is 2.32. The molecule has 1 rings (SSSR count). The van der Waals surface area contributed by atoms with Crippen LogP contribution >= 0.6 is 0 Å². The molecule has 0 heterocycles. The minimum absolute atomic E-state index is 0.0119. The van der Waals surface area contributed by atoms with Crippen LogP contribution in [0.2, 0.25) is 0 Å². The van der Waals surface area contributed by atoms with Crippen molar-refractivity contribution in [1.29, 1.82) is 0 Å². The zero-order chi connectivity index (χ0) is 13.1. The van der Waals surface area contributed by atoms with Crippen molar-refractivity contribution >= 4 is 16.0 Å². The summed E-state index contributed by atoms with van der Waals surface area (Å²) >= 11 is 0. The van der Waals surface area contributed by atoms with Crippen molar-refractivity contribution in [3.63, 3.8) is 0 Å². The van der Waals surface area contributed by atoms with Gasteiger partial charge < -0.3 is 10.2 Å². The van der Waals surface area contributed by atoms with Crippen molar-refractivity contribution in [2.75, 3.05) is 13.7 Å². The predicted molar refractivity (Wildman–Crippen MR) is 59.9 cm³/mol. The van der Waals surface area contributed by atoms with Crippen molar-refractivity contribution in [1.82, 2.24) is 4.31 Å². The third kappa shape index (κ3) is 2.82. The number of rotatable bonds is 5. The Bertz CT molecular complexity index is 485. The molecule has 0 bridgehead atoms. The highest BCUT2D eigenvalue weighted by molar-refractivity contribution is 7.89. The lowest BCUT2D eigenvalue weighted by Gasteiger charge is -2.22. The van der Waals surface area contributed by atoms with Gasteiger partial charge in [0.1, 0.15) is 6.04 Å². The van der Waals surface area contributed by atoms with Crippen LogP contribution in [0.3, 0.4) is 0 Å². The summed E-state index contributed by atoms with van der Waals surface area (Å²) in [5.74, 6) is -1.39. The average Bonchev–Trinajstić information content (AvgIpc) is 2.30. The molecule has 0 radical (unpaired) electrons. The normalized spacial score (nSPS) is 13.6. The number of carboxylic acid groups (broad SMARTS) is 1. The smallest absolute Gasteiger partial charge is 0.324 e. The van der Waals surface area contributed by atoms with Crippen LogP contribution in [0.1, 0.15) is 0 Å². The molecule has 17 heavy (non-hydrogen) atoms. The maximum absolute atomic E-state index is 12.0. The summed E-state index contributed by atoms with van der Waals surface area (Å²) in [5.41, 5.74) is 0. The zero-order valence-corrected chi connectivity index (χ0v) is 9.96. The van der Waals surface area contributed by atoms with Crippen LogP contribution in [0.25, 0.3) is 0 Å². The molecule has 0 aliphatic carbocycles. The fourth-order valence-corrected chi connectivity index (χ4v) is 2.60. The number of likely N-dealkylation sites (N-methyl/N-ethyl adjacent to an activating group) is 1. The molecule has 0 aromatic heterocycles. The summed E-state index contributed by atoms with van der Waals surface area (Å²) in [6.07, 6.45) is 0. The van der Waals surface area contributed by atoms with E-state index < -0.39 is 28.6 Å². The van der Waals surface area contributed by atoms with E-state index in [2.05, 4.69) is 0 Å². The maximum Gasteiger partial charge on any atom is 0.324 e. The third-order valence-electron chi connectivity index (χ3n) is 2.32. The molecule has 0 saturated heterocycles. The van der Waals surface area contributed by atoms with Crippen LogP contribution in [0.15, 0.2) is 35.2 Å². The number of aliphatic hydroxyl groups is 1. The number of aliphatic carboxylic acids is 1. The average molecular weight is 259 g/mol. The van der Waals surface area contributed by atoms with Gasteiger partial charge in [-0.05, 0) is 12.1 Å². The first-order valence-electron chi connectivity index (χ1n) is 4.78. The molecular weight excluding hydrogens is 246 g/mol. The van der Waals surface area contributed by atoms with E-state index in [1.165, 1.54) is 24.3 Å². The molecule has 6 nitrogen and oxygen atoms in total. The van der Waals surface area contributed by atoms with Gasteiger partial charge in [0.2, 0.25) is 10.0 Å². The molecule has 0 aliphatic heterocycles. The molecule has 0 saturated carbocycles. The van der Waals surface area contributed by atoms with Gasteiger partial charge in [-0.15, -0.1) is 0 Å². The molecule has 94 valence electrons. The number of carboxylic acids is 1. The molecule has 7 heteroatoms. The van der Waals surface area contributed by atoms with Crippen molar-refractivity contribution in [3.05, 3.63) is 30.3 Å². The summed E-state index contributed by atoms with van der Waals surface area (Å²) < 4.78 is 24.6. The lowest BCUT2D eigenvalue weighted by Crippen LogP contribution is -2.44. The highest BCUT2D eigenvalue weighted by atomic mass is 32.2. The van der Waals surface area contributed by atoms with E-state index in [1.54, 1.807) is 6.07 Å². The molecule has 1 atom stereocenters. The monoisotopic (exact) mass is 259 g/mol. The first kappa shape index (κ1) is 13.6. The Kier molecular flexibility index (Phi) is 4.22. The van der Waals surface area contributed by atoms with E-state index in [0.29, 0.717) is 4.31 Å². The first-order chi connectivity index (χ1) is 7.91. The van der Waals surface area contributed by atoms with Gasteiger partial charge in [-0.1, -0.05) is 18.2 Å². The van der Waals surface area contributed by atoms with Gasteiger partial charge in [-0.25, -0.2) is 8.42 Å². The van der Waals surface area contributed by atoms with Gasteiger partial charge in [-0.3, -0.25) is 4.79 Å². The van der Waals surface area contributed by atoms with Crippen LogP contribution in [0.5, 0.6) is 0 Å². The molecule has 1 unspecified atom stereocenters. The SMILES string of the molecule is CN(C(CO)C(=O)O)S(=O)(=O)c1ccccc1. The van der Waals surface area contributed by atoms with Crippen LogP contribution in [0.4, 0.5) is 0 Å². The Hall–Kier alpha value is -1.44. The van der Waals surface area contributed by atoms with E-state index in [1.807, 2.05) is 0 Å². The van der Waals surface area contributed by atoms with Gasteiger partial charge in [-0.2, -0.15) is 4.31 Å². The molecule has 0 spiro atoms. The Balaban J connectivity index is 3.11. The van der Waals surface area contributed by atoms with Crippen LogP contribution in [-0.4, -0.2) is 48.6 Å². The number of benzene rings is 1. The predicted octanol–water partition coefficient (Wildman–Crippen LogP) is -0.247. The minimum Gasteiger partial charge on any atom is -0.480 e. The molecule has 0 fully saturated rings. The minimum atomic E-state index is -3.90.